The van der Waals surface area contributed by atoms with E-state index < -0.39 is 0 Å². The number of rotatable bonds is 3. The number of methoxy groups -OCH3 is 1. The maximum Gasteiger partial charge on any atom is 0.0849 e. The van der Waals surface area contributed by atoms with Crippen LogP contribution in [0.1, 0.15) is 6.92 Å². The maximum atomic E-state index is 6.39. The molecule has 0 radical (unpaired) electrons. The highest BCUT2D eigenvalue weighted by molar-refractivity contribution is 9.11. The van der Waals surface area contributed by atoms with Gasteiger partial charge in [0.2, 0.25) is 0 Å². The van der Waals surface area contributed by atoms with Gasteiger partial charge in [-0.15, -0.1) is 0 Å². The number of halogens is 2. The molecule has 0 bridgehead atoms. The van der Waals surface area contributed by atoms with Crippen molar-refractivity contribution in [1.29, 1.82) is 0 Å². The van der Waals surface area contributed by atoms with Crippen LogP contribution in [-0.4, -0.2) is 36.5 Å². The number of hydrazone groups is 1. The number of nitrogens with zero attached hydrogens (tertiary/aromatic N) is 2. The molecule has 0 spiro atoms. The summed E-state index contributed by atoms with van der Waals surface area (Å²) in [5.41, 5.74) is 1.15. The van der Waals surface area contributed by atoms with Crippen molar-refractivity contribution in [3.8, 4) is 0 Å². The van der Waals surface area contributed by atoms with Crippen LogP contribution in [-0.2, 0) is 4.74 Å². The Bertz CT molecular complexity index is 579. The summed E-state index contributed by atoms with van der Waals surface area (Å²) < 4.78 is 6.65. The van der Waals surface area contributed by atoms with Crippen molar-refractivity contribution in [1.82, 2.24) is 5.01 Å². The molecule has 0 saturated heterocycles. The molecule has 0 fully saturated rings. The Morgan fingerprint density at radius 1 is 1.43 bits per heavy atom. The fraction of sp³-hybridized carbons (Fsp3) is 0.438. The first-order valence-corrected chi connectivity index (χ1v) is 8.21. The second-order valence-corrected chi connectivity index (χ2v) is 6.89. The van der Waals surface area contributed by atoms with Crippen molar-refractivity contribution in [2.45, 2.75) is 19.1 Å². The number of allylic oxidation sites excluding steroid dienone is 4. The van der Waals surface area contributed by atoms with E-state index in [9.17, 15) is 0 Å². The molecule has 3 nitrogen and oxygen atoms in total. The minimum atomic E-state index is 0.00334. The van der Waals surface area contributed by atoms with Gasteiger partial charge in [0.15, 0.2) is 0 Å². The van der Waals surface area contributed by atoms with Crippen LogP contribution in [0.4, 0.5) is 0 Å². The van der Waals surface area contributed by atoms with Crippen molar-refractivity contribution >= 4 is 33.2 Å². The number of hydrogen-bond donors (Lipinski definition) is 0. The van der Waals surface area contributed by atoms with E-state index in [4.69, 9.17) is 21.4 Å². The quantitative estimate of drug-likeness (QED) is 0.755. The monoisotopic (exact) mass is 368 g/mol. The summed E-state index contributed by atoms with van der Waals surface area (Å²) in [5, 5.41) is 7.70. The molecule has 0 aromatic carbocycles. The predicted molar refractivity (Wildman–Crippen MR) is 90.6 cm³/mol. The largest absolute Gasteiger partial charge is 0.377 e. The normalized spacial score (nSPS) is 34.5. The van der Waals surface area contributed by atoms with E-state index >= 15 is 0 Å². The lowest BCUT2D eigenvalue weighted by Gasteiger charge is -2.33. The molecule has 3 aliphatic rings. The second-order valence-electron chi connectivity index (χ2n) is 5.53. The van der Waals surface area contributed by atoms with E-state index in [1.54, 1.807) is 7.11 Å². The molecule has 0 aromatic heterocycles. The molecule has 112 valence electrons. The van der Waals surface area contributed by atoms with Gasteiger partial charge in [-0.2, -0.15) is 5.10 Å². The van der Waals surface area contributed by atoms with Gasteiger partial charge in [-0.25, -0.2) is 0 Å². The van der Waals surface area contributed by atoms with Crippen molar-refractivity contribution in [2.75, 3.05) is 13.7 Å². The Labute approximate surface area is 138 Å². The van der Waals surface area contributed by atoms with Gasteiger partial charge in [-0.3, -0.25) is 5.01 Å². The van der Waals surface area contributed by atoms with Crippen LogP contribution in [0.15, 0.2) is 51.1 Å². The molecule has 21 heavy (non-hydrogen) atoms. The molecule has 0 N–H and O–H groups in total. The average Bonchev–Trinajstić information content (AvgIpc) is 2.77. The summed E-state index contributed by atoms with van der Waals surface area (Å²) in [6.45, 7) is 2.84. The lowest BCUT2D eigenvalue weighted by molar-refractivity contribution is 0.0804. The first-order valence-electron chi connectivity index (χ1n) is 7.04. The molecule has 0 saturated carbocycles. The topological polar surface area (TPSA) is 24.8 Å². The zero-order valence-corrected chi connectivity index (χ0v) is 14.4. The first-order chi connectivity index (χ1) is 10.1. The molecule has 5 heteroatoms. The smallest absolute Gasteiger partial charge is 0.0849 e. The second kappa shape index (κ2) is 6.11. The number of fused-ring (bicyclic) bond motifs is 1. The zero-order valence-electron chi connectivity index (χ0n) is 12.0. The van der Waals surface area contributed by atoms with Crippen molar-refractivity contribution in [3.05, 3.63) is 46.0 Å². The van der Waals surface area contributed by atoms with E-state index in [1.807, 2.05) is 18.2 Å². The third-order valence-electron chi connectivity index (χ3n) is 4.24. The third kappa shape index (κ3) is 2.89. The van der Waals surface area contributed by atoms with E-state index in [0.717, 1.165) is 21.8 Å². The van der Waals surface area contributed by atoms with Gasteiger partial charge in [0.05, 0.1) is 12.1 Å². The SMILES string of the molecule is COC1C=CC=C(Cl)C1CN1N=C(C)C2C=CC(Br)=CC21. The summed E-state index contributed by atoms with van der Waals surface area (Å²) in [5.74, 6) is 0.476. The highest BCUT2D eigenvalue weighted by Gasteiger charge is 2.37. The maximum absolute atomic E-state index is 6.39. The Morgan fingerprint density at radius 2 is 2.24 bits per heavy atom. The van der Waals surface area contributed by atoms with Gasteiger partial charge in [0.25, 0.3) is 0 Å². The summed E-state index contributed by atoms with van der Waals surface area (Å²) >= 11 is 9.95. The van der Waals surface area contributed by atoms with Gasteiger partial charge < -0.3 is 4.74 Å². The molecule has 0 aromatic rings. The average molecular weight is 370 g/mol. The third-order valence-corrected chi connectivity index (χ3v) is 5.17. The highest BCUT2D eigenvalue weighted by Crippen LogP contribution is 2.34. The highest BCUT2D eigenvalue weighted by atomic mass is 79.9. The molecule has 2 aliphatic carbocycles. The molecular weight excluding hydrogens is 352 g/mol. The van der Waals surface area contributed by atoms with Crippen LogP contribution in [0.5, 0.6) is 0 Å². The van der Waals surface area contributed by atoms with E-state index in [1.165, 1.54) is 0 Å². The predicted octanol–water partition coefficient (Wildman–Crippen LogP) is 3.84. The van der Waals surface area contributed by atoms with Gasteiger partial charge >= 0.3 is 0 Å². The van der Waals surface area contributed by atoms with Crippen molar-refractivity contribution < 1.29 is 4.74 Å². The standard InChI is InChI=1S/C16H18BrClN2O/c1-10-12-7-6-11(17)8-15(12)20(19-10)9-13-14(18)4-3-5-16(13)21-2/h3-8,12-13,15-16H,9H2,1-2H3. The van der Waals surface area contributed by atoms with Crippen molar-refractivity contribution in [2.24, 2.45) is 16.9 Å². The Kier molecular flexibility index (Phi) is 4.38. The molecule has 1 aliphatic heterocycles. The lowest BCUT2D eigenvalue weighted by Crippen LogP contribution is -2.39. The van der Waals surface area contributed by atoms with E-state index in [2.05, 4.69) is 46.1 Å². The van der Waals surface area contributed by atoms with Crippen molar-refractivity contribution in [3.63, 3.8) is 0 Å². The molecule has 4 unspecified atom stereocenters. The van der Waals surface area contributed by atoms with E-state index in [0.29, 0.717) is 5.92 Å². The van der Waals surface area contributed by atoms with Crippen LogP contribution >= 0.6 is 27.5 Å². The van der Waals surface area contributed by atoms with Crippen LogP contribution in [0, 0.1) is 11.8 Å². The summed E-state index contributed by atoms with van der Waals surface area (Å²) in [6.07, 6.45) is 12.5. The van der Waals surface area contributed by atoms with Gasteiger partial charge in [-0.1, -0.05) is 51.8 Å². The summed E-state index contributed by atoms with van der Waals surface area (Å²) in [6, 6.07) is 0.261. The summed E-state index contributed by atoms with van der Waals surface area (Å²) in [4.78, 5) is 0. The van der Waals surface area contributed by atoms with Crippen LogP contribution < -0.4 is 0 Å². The van der Waals surface area contributed by atoms with Crippen LogP contribution in [0.25, 0.3) is 0 Å². The number of ether oxygens (including phenoxy) is 1. The van der Waals surface area contributed by atoms with Crippen LogP contribution in [0.3, 0.4) is 0 Å². The number of hydrogen-bond acceptors (Lipinski definition) is 3. The Morgan fingerprint density at radius 3 is 3.00 bits per heavy atom. The van der Waals surface area contributed by atoms with Crippen LogP contribution in [0.2, 0.25) is 0 Å². The summed E-state index contributed by atoms with van der Waals surface area (Å²) in [7, 11) is 1.72. The Hall–Kier alpha value is -0.840. The van der Waals surface area contributed by atoms with Gasteiger partial charge in [-0.05, 0) is 19.1 Å². The molecule has 3 rings (SSSR count). The minimum Gasteiger partial charge on any atom is -0.377 e. The lowest BCUT2D eigenvalue weighted by atomic mass is 9.91. The molecule has 1 heterocycles. The first kappa shape index (κ1) is 15.1. The zero-order chi connectivity index (χ0) is 15.0. The fourth-order valence-electron chi connectivity index (χ4n) is 3.10. The van der Waals surface area contributed by atoms with Gasteiger partial charge in [0.1, 0.15) is 0 Å². The minimum absolute atomic E-state index is 0.00334. The molecule has 4 atom stereocenters. The molecule has 0 amide bonds. The fourth-order valence-corrected chi connectivity index (χ4v) is 3.78. The van der Waals surface area contributed by atoms with Gasteiger partial charge in [0, 0.05) is 40.7 Å². The van der Waals surface area contributed by atoms with E-state index in [-0.39, 0.29) is 18.1 Å². The Balaban J connectivity index is 1.80. The molecular formula is C16H18BrClN2O.